The number of amides is 2. The van der Waals surface area contributed by atoms with Gasteiger partial charge in [0, 0.05) is 48.3 Å². The fraction of sp³-hybridized carbons (Fsp3) is 0.333. The molecule has 2 N–H and O–H groups in total. The Kier molecular flexibility index (Phi) is 5.38. The maximum atomic E-state index is 14.2. The van der Waals surface area contributed by atoms with Crippen LogP contribution in [0.15, 0.2) is 42.5 Å². The summed E-state index contributed by atoms with van der Waals surface area (Å²) in [6, 6.07) is 11.4. The number of halogens is 2. The number of fused-ring (bicyclic) bond motifs is 3. The van der Waals surface area contributed by atoms with Crippen molar-refractivity contribution < 1.29 is 18.4 Å². The third-order valence-corrected chi connectivity index (χ3v) is 6.45. The molecular formula is C24H24F2N4O2. The quantitative estimate of drug-likeness (QED) is 0.658. The van der Waals surface area contributed by atoms with Crippen LogP contribution in [0.3, 0.4) is 0 Å². The molecule has 0 aliphatic carbocycles. The van der Waals surface area contributed by atoms with Crippen molar-refractivity contribution in [1.29, 1.82) is 0 Å². The molecule has 1 aromatic heterocycles. The maximum Gasteiger partial charge on any atom is 0.237 e. The number of piperazine rings is 1. The lowest BCUT2D eigenvalue weighted by Crippen LogP contribution is -2.56. The van der Waals surface area contributed by atoms with Crippen LogP contribution < -0.4 is 5.32 Å². The Morgan fingerprint density at radius 2 is 1.94 bits per heavy atom. The zero-order chi connectivity index (χ0) is 22.2. The summed E-state index contributed by atoms with van der Waals surface area (Å²) in [6.45, 7) is 1.99. The van der Waals surface area contributed by atoms with E-state index >= 15 is 0 Å². The minimum atomic E-state index is -0.918. The molecule has 0 saturated carbocycles. The topological polar surface area (TPSA) is 68.4 Å². The van der Waals surface area contributed by atoms with Gasteiger partial charge in [-0.1, -0.05) is 30.3 Å². The van der Waals surface area contributed by atoms with Crippen molar-refractivity contribution in [2.24, 2.45) is 0 Å². The Labute approximate surface area is 184 Å². The summed E-state index contributed by atoms with van der Waals surface area (Å²) in [5.41, 5.74) is 3.50. The number of aromatic amines is 1. The van der Waals surface area contributed by atoms with E-state index in [2.05, 4.69) is 16.4 Å². The summed E-state index contributed by atoms with van der Waals surface area (Å²) in [6.07, 6.45) is 0.749. The Bertz CT molecular complexity index is 1190. The van der Waals surface area contributed by atoms with Gasteiger partial charge in [0.2, 0.25) is 11.8 Å². The predicted molar refractivity (Wildman–Crippen MR) is 116 cm³/mol. The molecule has 3 aromatic rings. The first kappa shape index (κ1) is 20.6. The van der Waals surface area contributed by atoms with E-state index in [1.165, 1.54) is 23.1 Å². The molecule has 1 unspecified atom stereocenters. The highest BCUT2D eigenvalue weighted by Gasteiger charge is 2.34. The molecule has 2 aliphatic heterocycles. The molecule has 1 atom stereocenters. The van der Waals surface area contributed by atoms with Crippen molar-refractivity contribution in [1.82, 2.24) is 20.1 Å². The van der Waals surface area contributed by atoms with Crippen LogP contribution in [0.5, 0.6) is 0 Å². The average Bonchev–Trinajstić information content (AvgIpc) is 3.17. The standard InChI is InChI=1S/C24H24F2N4O2/c25-18-6-3-4-15(23(18)26)13-29-11-9-27-24(32)21(29)12-22(31)30-10-8-17-16-5-1-2-7-19(16)28-20(17)14-30/h1-7,21,28H,8-14H2,(H,27,32). The van der Waals surface area contributed by atoms with E-state index in [-0.39, 0.29) is 30.3 Å². The molecule has 2 amide bonds. The Morgan fingerprint density at radius 1 is 1.09 bits per heavy atom. The van der Waals surface area contributed by atoms with Crippen LogP contribution >= 0.6 is 0 Å². The van der Waals surface area contributed by atoms with E-state index in [0.29, 0.717) is 26.2 Å². The van der Waals surface area contributed by atoms with Gasteiger partial charge in [-0.15, -0.1) is 0 Å². The minimum Gasteiger partial charge on any atom is -0.357 e. The first-order valence-electron chi connectivity index (χ1n) is 10.8. The summed E-state index contributed by atoms with van der Waals surface area (Å²) >= 11 is 0. The monoisotopic (exact) mass is 438 g/mol. The van der Waals surface area contributed by atoms with Gasteiger partial charge in [-0.05, 0) is 24.1 Å². The highest BCUT2D eigenvalue weighted by atomic mass is 19.2. The number of aromatic nitrogens is 1. The number of carbonyl (C=O) groups excluding carboxylic acids is 2. The Balaban J connectivity index is 1.31. The molecule has 2 aliphatic rings. The summed E-state index contributed by atoms with van der Waals surface area (Å²) in [7, 11) is 0. The van der Waals surface area contributed by atoms with Crippen molar-refractivity contribution in [3.63, 3.8) is 0 Å². The Hall–Kier alpha value is -3.26. The first-order valence-corrected chi connectivity index (χ1v) is 10.8. The van der Waals surface area contributed by atoms with Crippen molar-refractivity contribution in [3.05, 3.63) is 70.9 Å². The van der Waals surface area contributed by atoms with Crippen molar-refractivity contribution >= 4 is 22.7 Å². The van der Waals surface area contributed by atoms with Crippen LogP contribution in [0.2, 0.25) is 0 Å². The van der Waals surface area contributed by atoms with Crippen LogP contribution in [0.4, 0.5) is 8.78 Å². The van der Waals surface area contributed by atoms with Gasteiger partial charge in [-0.3, -0.25) is 14.5 Å². The van der Waals surface area contributed by atoms with Crippen LogP contribution in [0.1, 0.15) is 23.2 Å². The lowest BCUT2D eigenvalue weighted by atomic mass is 10.0. The zero-order valence-corrected chi connectivity index (χ0v) is 17.5. The van der Waals surface area contributed by atoms with Crippen LogP contribution in [0.25, 0.3) is 10.9 Å². The molecule has 6 nitrogen and oxygen atoms in total. The van der Waals surface area contributed by atoms with Gasteiger partial charge >= 0.3 is 0 Å². The van der Waals surface area contributed by atoms with Gasteiger partial charge in [0.05, 0.1) is 19.0 Å². The molecule has 1 fully saturated rings. The second-order valence-corrected chi connectivity index (χ2v) is 8.39. The molecule has 0 bridgehead atoms. The highest BCUT2D eigenvalue weighted by molar-refractivity contribution is 5.89. The largest absolute Gasteiger partial charge is 0.357 e. The number of hydrogen-bond donors (Lipinski definition) is 2. The molecule has 8 heteroatoms. The first-order chi connectivity index (χ1) is 15.5. The van der Waals surface area contributed by atoms with Crippen molar-refractivity contribution in [2.45, 2.75) is 32.0 Å². The zero-order valence-electron chi connectivity index (χ0n) is 17.5. The van der Waals surface area contributed by atoms with E-state index in [9.17, 15) is 18.4 Å². The normalized spacial score (nSPS) is 19.1. The van der Waals surface area contributed by atoms with Gasteiger partial charge in [0.15, 0.2) is 11.6 Å². The predicted octanol–water partition coefficient (Wildman–Crippen LogP) is 2.72. The lowest BCUT2D eigenvalue weighted by Gasteiger charge is -2.36. The van der Waals surface area contributed by atoms with Crippen LogP contribution in [-0.4, -0.2) is 52.3 Å². The molecule has 3 heterocycles. The summed E-state index contributed by atoms with van der Waals surface area (Å²) in [5.74, 6) is -2.21. The van der Waals surface area contributed by atoms with Gasteiger partial charge in [-0.25, -0.2) is 8.78 Å². The summed E-state index contributed by atoms with van der Waals surface area (Å²) < 4.78 is 27.8. The molecule has 32 heavy (non-hydrogen) atoms. The molecule has 1 saturated heterocycles. The Morgan fingerprint density at radius 3 is 2.81 bits per heavy atom. The van der Waals surface area contributed by atoms with Gasteiger partial charge < -0.3 is 15.2 Å². The lowest BCUT2D eigenvalue weighted by molar-refractivity contribution is -0.139. The number of carbonyl (C=O) groups is 2. The van der Waals surface area contributed by atoms with E-state index < -0.39 is 17.7 Å². The third kappa shape index (κ3) is 3.75. The number of para-hydroxylation sites is 1. The molecular weight excluding hydrogens is 414 g/mol. The van der Waals surface area contributed by atoms with E-state index in [1.54, 1.807) is 9.80 Å². The smallest absolute Gasteiger partial charge is 0.237 e. The molecule has 0 spiro atoms. The fourth-order valence-electron chi connectivity index (χ4n) is 4.76. The van der Waals surface area contributed by atoms with Crippen molar-refractivity contribution in [3.8, 4) is 0 Å². The average molecular weight is 438 g/mol. The number of nitrogens with zero attached hydrogens (tertiary/aromatic N) is 2. The van der Waals surface area contributed by atoms with E-state index in [1.807, 2.05) is 18.2 Å². The van der Waals surface area contributed by atoms with E-state index in [4.69, 9.17) is 0 Å². The number of benzene rings is 2. The van der Waals surface area contributed by atoms with Crippen LogP contribution in [0, 0.1) is 11.6 Å². The SMILES string of the molecule is O=C1NCCN(Cc2cccc(F)c2F)C1CC(=O)N1CCc2c([nH]c3ccccc23)C1. The molecule has 166 valence electrons. The number of nitrogens with one attached hydrogen (secondary N) is 2. The summed E-state index contributed by atoms with van der Waals surface area (Å²) in [4.78, 5) is 32.6. The maximum absolute atomic E-state index is 14.2. The number of H-pyrrole nitrogens is 1. The van der Waals surface area contributed by atoms with Crippen LogP contribution in [-0.2, 0) is 29.1 Å². The van der Waals surface area contributed by atoms with Gasteiger partial charge in [0.1, 0.15) is 0 Å². The van der Waals surface area contributed by atoms with Gasteiger partial charge in [-0.2, -0.15) is 0 Å². The number of hydrogen-bond acceptors (Lipinski definition) is 3. The molecule has 2 aromatic carbocycles. The van der Waals surface area contributed by atoms with Crippen molar-refractivity contribution in [2.75, 3.05) is 19.6 Å². The number of rotatable bonds is 4. The molecule has 0 radical (unpaired) electrons. The highest BCUT2D eigenvalue weighted by Crippen LogP contribution is 2.28. The summed E-state index contributed by atoms with van der Waals surface area (Å²) in [5, 5.41) is 3.97. The molecule has 5 rings (SSSR count). The second kappa shape index (κ2) is 8.35. The second-order valence-electron chi connectivity index (χ2n) is 8.39. The van der Waals surface area contributed by atoms with Gasteiger partial charge in [0.25, 0.3) is 0 Å². The minimum absolute atomic E-state index is 0.00166. The third-order valence-electron chi connectivity index (χ3n) is 6.45. The van der Waals surface area contributed by atoms with E-state index in [0.717, 1.165) is 23.7 Å². The fourth-order valence-corrected chi connectivity index (χ4v) is 4.76.